The van der Waals surface area contributed by atoms with Gasteiger partial charge in [0.1, 0.15) is 5.82 Å². The van der Waals surface area contributed by atoms with E-state index in [1.54, 1.807) is 12.5 Å². The van der Waals surface area contributed by atoms with E-state index in [2.05, 4.69) is 59.1 Å². The van der Waals surface area contributed by atoms with Gasteiger partial charge in [-0.2, -0.15) is 0 Å². The highest BCUT2D eigenvalue weighted by molar-refractivity contribution is 7.84. The first-order valence-corrected chi connectivity index (χ1v) is 15.2. The van der Waals surface area contributed by atoms with Crippen molar-refractivity contribution in [1.82, 2.24) is 19.9 Å². The zero-order valence-electron chi connectivity index (χ0n) is 19.0. The molecule has 1 N–H and O–H groups in total. The Balaban J connectivity index is 1.73. The fourth-order valence-corrected chi connectivity index (χ4v) is 4.68. The second-order valence-corrected chi connectivity index (χ2v) is 16.0. The molecular weight excluding hydrogens is 446 g/mol. The SMILES string of the molecule is Cc1cc(-c2cnc(Nc3cccc(CO[Si](C)(C)C(C)(C)C)n3)s2)nc(S(C)=O)n1. The van der Waals surface area contributed by atoms with Gasteiger partial charge in [-0.1, -0.05) is 38.2 Å². The molecule has 0 fully saturated rings. The molecule has 3 aromatic rings. The van der Waals surface area contributed by atoms with Crippen LogP contribution in [-0.4, -0.2) is 38.7 Å². The van der Waals surface area contributed by atoms with Crippen molar-refractivity contribution in [3.63, 3.8) is 0 Å². The Morgan fingerprint density at radius 3 is 2.61 bits per heavy atom. The average molecular weight is 476 g/mol. The molecule has 0 aromatic carbocycles. The molecule has 0 aliphatic rings. The Kier molecular flexibility index (Phi) is 7.04. The predicted molar refractivity (Wildman–Crippen MR) is 130 cm³/mol. The molecule has 0 bridgehead atoms. The summed E-state index contributed by atoms with van der Waals surface area (Å²) in [6.45, 7) is 13.5. The van der Waals surface area contributed by atoms with E-state index in [1.807, 2.05) is 31.2 Å². The number of aryl methyl sites for hydroxylation is 1. The van der Waals surface area contributed by atoms with Crippen molar-refractivity contribution >= 4 is 41.4 Å². The third-order valence-corrected chi connectivity index (χ3v) is 11.4. The van der Waals surface area contributed by atoms with Crippen molar-refractivity contribution in [3.8, 4) is 10.6 Å². The number of hydrogen-bond acceptors (Lipinski definition) is 8. The van der Waals surface area contributed by atoms with Gasteiger partial charge >= 0.3 is 0 Å². The minimum Gasteiger partial charge on any atom is -0.411 e. The number of pyridine rings is 1. The van der Waals surface area contributed by atoms with Gasteiger partial charge < -0.3 is 9.74 Å². The summed E-state index contributed by atoms with van der Waals surface area (Å²) in [5.41, 5.74) is 2.37. The number of nitrogens with one attached hydrogen (secondary N) is 1. The van der Waals surface area contributed by atoms with Crippen molar-refractivity contribution < 1.29 is 8.63 Å². The fraction of sp³-hybridized carbons (Fsp3) is 0.429. The smallest absolute Gasteiger partial charge is 0.218 e. The lowest BCUT2D eigenvalue weighted by atomic mass is 10.2. The maximum Gasteiger partial charge on any atom is 0.218 e. The van der Waals surface area contributed by atoms with E-state index in [9.17, 15) is 4.21 Å². The molecule has 0 aliphatic heterocycles. The molecule has 0 amide bonds. The molecule has 7 nitrogen and oxygen atoms in total. The minimum atomic E-state index is -1.84. The number of thiazole rings is 1. The summed E-state index contributed by atoms with van der Waals surface area (Å²) in [7, 11) is -3.07. The third kappa shape index (κ3) is 6.03. The summed E-state index contributed by atoms with van der Waals surface area (Å²) in [5.74, 6) is 0.714. The normalized spacial score (nSPS) is 13.3. The van der Waals surface area contributed by atoms with Crippen molar-refractivity contribution in [2.24, 2.45) is 0 Å². The third-order valence-electron chi connectivity index (χ3n) is 5.28. The van der Waals surface area contributed by atoms with E-state index in [4.69, 9.17) is 4.43 Å². The first-order valence-electron chi connectivity index (χ1n) is 9.97. The number of anilines is 2. The number of rotatable bonds is 7. The first-order chi connectivity index (χ1) is 14.4. The van der Waals surface area contributed by atoms with E-state index in [1.165, 1.54) is 11.3 Å². The van der Waals surface area contributed by atoms with E-state index >= 15 is 0 Å². The van der Waals surface area contributed by atoms with Crippen LogP contribution in [0.1, 0.15) is 32.2 Å². The van der Waals surface area contributed by atoms with Crippen LogP contribution in [0.25, 0.3) is 10.6 Å². The monoisotopic (exact) mass is 475 g/mol. The molecule has 10 heteroatoms. The Hall–Kier alpha value is -2.01. The lowest BCUT2D eigenvalue weighted by Gasteiger charge is -2.36. The van der Waals surface area contributed by atoms with Gasteiger partial charge in [0.05, 0.1) is 33.7 Å². The summed E-state index contributed by atoms with van der Waals surface area (Å²) >= 11 is 1.46. The maximum absolute atomic E-state index is 11.8. The second-order valence-electron chi connectivity index (χ2n) is 8.85. The molecule has 3 aromatic heterocycles. The van der Waals surface area contributed by atoms with Gasteiger partial charge in [-0.05, 0) is 43.3 Å². The topological polar surface area (TPSA) is 89.9 Å². The van der Waals surface area contributed by atoms with Crippen molar-refractivity contribution in [3.05, 3.63) is 41.9 Å². The molecule has 0 saturated carbocycles. The van der Waals surface area contributed by atoms with Crippen LogP contribution in [0, 0.1) is 6.92 Å². The molecule has 166 valence electrons. The van der Waals surface area contributed by atoms with E-state index in [-0.39, 0.29) is 5.04 Å². The highest BCUT2D eigenvalue weighted by Crippen LogP contribution is 2.37. The lowest BCUT2D eigenvalue weighted by molar-refractivity contribution is 0.272. The minimum absolute atomic E-state index is 0.156. The van der Waals surface area contributed by atoms with Crippen LogP contribution in [0.5, 0.6) is 0 Å². The standard InChI is InChI=1S/C21H29N5O2S2Si/c1-14-11-16(25-20(23-14)30(5)27)17-12-22-19(29-17)26-18-10-8-9-15(24-18)13-28-31(6,7)21(2,3)4/h8-12H,13H2,1-7H3,(H,22,24,26). The summed E-state index contributed by atoms with van der Waals surface area (Å²) in [6.07, 6.45) is 3.33. The molecule has 0 aliphatic carbocycles. The van der Waals surface area contributed by atoms with E-state index in [0.29, 0.717) is 28.4 Å². The fourth-order valence-electron chi connectivity index (χ4n) is 2.46. The van der Waals surface area contributed by atoms with E-state index < -0.39 is 19.1 Å². The molecule has 0 radical (unpaired) electrons. The maximum atomic E-state index is 11.8. The van der Waals surface area contributed by atoms with Gasteiger partial charge in [-0.25, -0.2) is 19.9 Å². The quantitative estimate of drug-likeness (QED) is 0.366. The zero-order valence-corrected chi connectivity index (χ0v) is 21.6. The number of nitrogens with zero attached hydrogens (tertiary/aromatic N) is 4. The highest BCUT2D eigenvalue weighted by atomic mass is 32.2. The van der Waals surface area contributed by atoms with Crippen molar-refractivity contribution in [2.45, 2.75) is 57.6 Å². The van der Waals surface area contributed by atoms with Crippen LogP contribution in [0.2, 0.25) is 18.1 Å². The summed E-state index contributed by atoms with van der Waals surface area (Å²) in [5, 5.41) is 4.46. The molecule has 0 spiro atoms. The molecule has 31 heavy (non-hydrogen) atoms. The Morgan fingerprint density at radius 2 is 1.94 bits per heavy atom. The van der Waals surface area contributed by atoms with Crippen LogP contribution < -0.4 is 5.32 Å². The predicted octanol–water partition coefficient (Wildman–Crippen LogP) is 5.31. The van der Waals surface area contributed by atoms with Crippen LogP contribution in [0.4, 0.5) is 10.9 Å². The molecular formula is C21H29N5O2S2Si. The van der Waals surface area contributed by atoms with Gasteiger partial charge in [0, 0.05) is 18.1 Å². The zero-order chi connectivity index (χ0) is 22.8. The van der Waals surface area contributed by atoms with Gasteiger partial charge in [-0.3, -0.25) is 4.21 Å². The Bertz CT molecular complexity index is 1100. The average Bonchev–Trinajstić information content (AvgIpc) is 3.14. The Labute approximate surface area is 191 Å². The Morgan fingerprint density at radius 1 is 1.19 bits per heavy atom. The molecule has 1 unspecified atom stereocenters. The molecule has 3 rings (SSSR count). The number of aromatic nitrogens is 4. The molecule has 3 heterocycles. The summed E-state index contributed by atoms with van der Waals surface area (Å²) in [6, 6.07) is 7.71. The van der Waals surface area contributed by atoms with Gasteiger partial charge in [-0.15, -0.1) is 0 Å². The van der Waals surface area contributed by atoms with Gasteiger partial charge in [0.15, 0.2) is 13.4 Å². The summed E-state index contributed by atoms with van der Waals surface area (Å²) in [4.78, 5) is 18.6. The van der Waals surface area contributed by atoms with Crippen LogP contribution >= 0.6 is 11.3 Å². The van der Waals surface area contributed by atoms with Crippen LogP contribution in [0.15, 0.2) is 35.6 Å². The van der Waals surface area contributed by atoms with Crippen LogP contribution in [0.3, 0.4) is 0 Å². The van der Waals surface area contributed by atoms with Gasteiger partial charge in [0.25, 0.3) is 0 Å². The van der Waals surface area contributed by atoms with Gasteiger partial charge in [0.2, 0.25) is 5.16 Å². The molecule has 1 atom stereocenters. The first kappa shape index (κ1) is 23.6. The summed E-state index contributed by atoms with van der Waals surface area (Å²) < 4.78 is 18.1. The number of hydrogen-bond donors (Lipinski definition) is 1. The van der Waals surface area contributed by atoms with Crippen molar-refractivity contribution in [1.29, 1.82) is 0 Å². The van der Waals surface area contributed by atoms with E-state index in [0.717, 1.165) is 16.3 Å². The largest absolute Gasteiger partial charge is 0.411 e. The van der Waals surface area contributed by atoms with Crippen molar-refractivity contribution in [2.75, 3.05) is 11.6 Å². The highest BCUT2D eigenvalue weighted by Gasteiger charge is 2.37. The lowest BCUT2D eigenvalue weighted by Crippen LogP contribution is -2.40. The molecule has 0 saturated heterocycles. The van der Waals surface area contributed by atoms with Crippen LogP contribution in [-0.2, 0) is 21.8 Å². The second kappa shape index (κ2) is 9.23.